The lowest BCUT2D eigenvalue weighted by Crippen LogP contribution is -2.50. The second-order valence-corrected chi connectivity index (χ2v) is 9.77. The van der Waals surface area contributed by atoms with E-state index in [-0.39, 0.29) is 33.9 Å². The van der Waals surface area contributed by atoms with Crippen LogP contribution in [0.4, 0.5) is 0 Å². The molecule has 5 nitrogen and oxygen atoms in total. The molecule has 0 aromatic heterocycles. The molecule has 148 valence electrons. The predicted molar refractivity (Wildman–Crippen MR) is 110 cm³/mol. The van der Waals surface area contributed by atoms with Crippen LogP contribution in [0.5, 0.6) is 0 Å². The van der Waals surface area contributed by atoms with Gasteiger partial charge in [-0.15, -0.1) is 0 Å². The Hall–Kier alpha value is -1.60. The molecule has 0 saturated carbocycles. The number of hydrogen-bond donors (Lipinski definition) is 0. The van der Waals surface area contributed by atoms with Crippen molar-refractivity contribution in [1.82, 2.24) is 9.21 Å². The number of halogens is 2. The van der Waals surface area contributed by atoms with E-state index in [4.69, 9.17) is 23.2 Å². The molecule has 1 saturated heterocycles. The lowest BCUT2D eigenvalue weighted by Gasteiger charge is -2.34. The van der Waals surface area contributed by atoms with Crippen LogP contribution in [0.15, 0.2) is 41.3 Å². The summed E-state index contributed by atoms with van der Waals surface area (Å²) in [6.07, 6.45) is 3.22. The van der Waals surface area contributed by atoms with Gasteiger partial charge in [-0.2, -0.15) is 4.31 Å². The van der Waals surface area contributed by atoms with Crippen LogP contribution in [0.2, 0.25) is 10.0 Å². The lowest BCUT2D eigenvalue weighted by atomic mass is 10.1. The molecule has 1 fully saturated rings. The summed E-state index contributed by atoms with van der Waals surface area (Å²) in [4.78, 5) is 14.5. The Morgan fingerprint density at radius 2 is 1.54 bits per heavy atom. The molecule has 0 radical (unpaired) electrons. The third kappa shape index (κ3) is 3.54. The van der Waals surface area contributed by atoms with E-state index in [1.54, 1.807) is 11.0 Å². The molecule has 2 aromatic rings. The molecule has 0 N–H and O–H groups in total. The zero-order valence-electron chi connectivity index (χ0n) is 15.2. The number of nitrogens with zero attached hydrogens (tertiary/aromatic N) is 2. The highest BCUT2D eigenvalue weighted by Crippen LogP contribution is 2.32. The highest BCUT2D eigenvalue weighted by molar-refractivity contribution is 7.89. The Morgan fingerprint density at radius 1 is 0.893 bits per heavy atom. The van der Waals surface area contributed by atoms with Crippen molar-refractivity contribution in [3.63, 3.8) is 0 Å². The average Bonchev–Trinajstić information content (AvgIpc) is 3.15. The second-order valence-electron chi connectivity index (χ2n) is 7.08. The average molecular weight is 439 g/mol. The van der Waals surface area contributed by atoms with E-state index in [0.29, 0.717) is 18.7 Å². The third-order valence-corrected chi connectivity index (χ3v) is 8.24. The molecule has 0 unspecified atom stereocenters. The van der Waals surface area contributed by atoms with Crippen molar-refractivity contribution in [2.75, 3.05) is 26.2 Å². The van der Waals surface area contributed by atoms with Gasteiger partial charge in [0.1, 0.15) is 4.90 Å². The van der Waals surface area contributed by atoms with E-state index in [2.05, 4.69) is 0 Å². The van der Waals surface area contributed by atoms with Gasteiger partial charge in [0.15, 0.2) is 0 Å². The molecule has 1 aliphatic carbocycles. The zero-order chi connectivity index (χ0) is 19.9. The standard InChI is InChI=1S/C20H20Cl2N2O3S/c21-17-5-2-6-18(22)19(17)28(26,27)24-11-9-23(10-12-24)20(25)16-8-7-14-3-1-4-15(14)13-16/h2,5-8,13H,1,3-4,9-12H2. The summed E-state index contributed by atoms with van der Waals surface area (Å²) in [6, 6.07) is 10.5. The van der Waals surface area contributed by atoms with Crippen molar-refractivity contribution in [3.05, 3.63) is 63.1 Å². The topological polar surface area (TPSA) is 57.7 Å². The largest absolute Gasteiger partial charge is 0.336 e. The number of fused-ring (bicyclic) bond motifs is 1. The molecule has 8 heteroatoms. The molecule has 2 aliphatic rings. The maximum Gasteiger partial charge on any atom is 0.253 e. The summed E-state index contributed by atoms with van der Waals surface area (Å²) < 4.78 is 27.3. The van der Waals surface area contributed by atoms with Gasteiger partial charge in [-0.1, -0.05) is 35.3 Å². The summed E-state index contributed by atoms with van der Waals surface area (Å²) in [6.45, 7) is 1.08. The summed E-state index contributed by atoms with van der Waals surface area (Å²) in [5.74, 6) is -0.0532. The van der Waals surface area contributed by atoms with Crippen LogP contribution in [0.3, 0.4) is 0 Å². The fourth-order valence-electron chi connectivity index (χ4n) is 3.88. The first-order valence-electron chi connectivity index (χ1n) is 9.23. The van der Waals surface area contributed by atoms with E-state index in [9.17, 15) is 13.2 Å². The maximum atomic E-state index is 13.0. The molecule has 1 amide bonds. The van der Waals surface area contributed by atoms with Crippen LogP contribution >= 0.6 is 23.2 Å². The number of aryl methyl sites for hydroxylation is 2. The number of carbonyl (C=O) groups is 1. The van der Waals surface area contributed by atoms with Crippen molar-refractivity contribution < 1.29 is 13.2 Å². The number of carbonyl (C=O) groups excluding carboxylic acids is 1. The van der Waals surface area contributed by atoms with Gasteiger partial charge in [0, 0.05) is 31.7 Å². The molecule has 1 heterocycles. The summed E-state index contributed by atoms with van der Waals surface area (Å²) in [5.41, 5.74) is 3.25. The number of rotatable bonds is 3. The van der Waals surface area contributed by atoms with Crippen LogP contribution in [-0.4, -0.2) is 49.7 Å². The first kappa shape index (κ1) is 19.7. The molecule has 1 aliphatic heterocycles. The van der Waals surface area contributed by atoms with Gasteiger partial charge in [-0.25, -0.2) is 8.42 Å². The third-order valence-electron chi connectivity index (χ3n) is 5.39. The van der Waals surface area contributed by atoms with Crippen LogP contribution < -0.4 is 0 Å². The monoisotopic (exact) mass is 438 g/mol. The molecular formula is C20H20Cl2N2O3S. The smallest absolute Gasteiger partial charge is 0.253 e. The van der Waals surface area contributed by atoms with Gasteiger partial charge in [-0.05, 0) is 54.7 Å². The first-order chi connectivity index (χ1) is 13.4. The van der Waals surface area contributed by atoms with Crippen molar-refractivity contribution in [1.29, 1.82) is 0 Å². The van der Waals surface area contributed by atoms with Gasteiger partial charge in [0.2, 0.25) is 10.0 Å². The maximum absolute atomic E-state index is 13.0. The van der Waals surface area contributed by atoms with E-state index in [1.807, 2.05) is 18.2 Å². The minimum absolute atomic E-state index is 0.0532. The van der Waals surface area contributed by atoms with Crippen molar-refractivity contribution >= 4 is 39.1 Å². The number of amides is 1. The summed E-state index contributed by atoms with van der Waals surface area (Å²) in [5, 5.41) is 0.202. The molecule has 28 heavy (non-hydrogen) atoms. The van der Waals surface area contributed by atoms with Gasteiger partial charge in [0.05, 0.1) is 10.0 Å². The van der Waals surface area contributed by atoms with E-state index < -0.39 is 10.0 Å². The fraction of sp³-hybridized carbons (Fsp3) is 0.350. The molecule has 0 atom stereocenters. The van der Waals surface area contributed by atoms with Crippen LogP contribution in [0.1, 0.15) is 27.9 Å². The van der Waals surface area contributed by atoms with Gasteiger partial charge < -0.3 is 4.90 Å². The van der Waals surface area contributed by atoms with E-state index in [0.717, 1.165) is 19.3 Å². The molecule has 4 rings (SSSR count). The predicted octanol–water partition coefficient (Wildman–Crippen LogP) is 3.63. The van der Waals surface area contributed by atoms with Crippen molar-refractivity contribution in [3.8, 4) is 0 Å². The van der Waals surface area contributed by atoms with Gasteiger partial charge >= 0.3 is 0 Å². The Morgan fingerprint density at radius 3 is 2.21 bits per heavy atom. The first-order valence-corrected chi connectivity index (χ1v) is 11.4. The van der Waals surface area contributed by atoms with Gasteiger partial charge in [-0.3, -0.25) is 4.79 Å². The van der Waals surface area contributed by atoms with E-state index in [1.165, 1.54) is 27.6 Å². The Balaban J connectivity index is 1.48. The quantitative estimate of drug-likeness (QED) is 0.734. The van der Waals surface area contributed by atoms with Crippen LogP contribution in [0, 0.1) is 0 Å². The summed E-state index contributed by atoms with van der Waals surface area (Å²) in [7, 11) is -3.81. The highest BCUT2D eigenvalue weighted by atomic mass is 35.5. The van der Waals surface area contributed by atoms with Gasteiger partial charge in [0.25, 0.3) is 5.91 Å². The normalized spacial score (nSPS) is 17.6. The highest BCUT2D eigenvalue weighted by Gasteiger charge is 2.33. The molecular weight excluding hydrogens is 419 g/mol. The molecule has 2 aromatic carbocycles. The van der Waals surface area contributed by atoms with E-state index >= 15 is 0 Å². The Kier molecular flexibility index (Phi) is 5.40. The number of hydrogen-bond acceptors (Lipinski definition) is 3. The van der Waals surface area contributed by atoms with Crippen LogP contribution in [-0.2, 0) is 22.9 Å². The zero-order valence-corrected chi connectivity index (χ0v) is 17.5. The Labute approximate surface area is 174 Å². The summed E-state index contributed by atoms with van der Waals surface area (Å²) >= 11 is 12.2. The fourth-order valence-corrected chi connectivity index (χ4v) is 6.39. The minimum atomic E-state index is -3.81. The molecule has 0 spiro atoms. The van der Waals surface area contributed by atoms with Crippen LogP contribution in [0.25, 0.3) is 0 Å². The SMILES string of the molecule is O=C(c1ccc2c(c1)CCC2)N1CCN(S(=O)(=O)c2c(Cl)cccc2Cl)CC1. The molecule has 0 bridgehead atoms. The number of sulfonamides is 1. The lowest BCUT2D eigenvalue weighted by molar-refractivity contribution is 0.0698. The number of piperazine rings is 1. The number of benzene rings is 2. The second kappa shape index (κ2) is 7.67. The minimum Gasteiger partial charge on any atom is -0.336 e. The Bertz CT molecular complexity index is 1010. The van der Waals surface area contributed by atoms with Crippen molar-refractivity contribution in [2.45, 2.75) is 24.2 Å². The van der Waals surface area contributed by atoms with Crippen molar-refractivity contribution in [2.24, 2.45) is 0 Å².